The van der Waals surface area contributed by atoms with Crippen molar-refractivity contribution >= 4 is 5.96 Å². The lowest BCUT2D eigenvalue weighted by atomic mass is 10.1. The minimum Gasteiger partial charge on any atom is -0.382 e. The Labute approximate surface area is 117 Å². The molecule has 1 saturated carbocycles. The maximum absolute atomic E-state index is 5.63. The number of guanidine groups is 1. The molecule has 0 aromatic heterocycles. The Kier molecular flexibility index (Phi) is 7.82. The largest absolute Gasteiger partial charge is 0.382 e. The number of hydrogen-bond donors (Lipinski definition) is 2. The molecule has 3 N–H and O–H groups in total. The van der Waals surface area contributed by atoms with E-state index in [0.717, 1.165) is 38.7 Å². The van der Waals surface area contributed by atoms with Crippen molar-refractivity contribution in [3.8, 4) is 0 Å². The van der Waals surface area contributed by atoms with Crippen molar-refractivity contribution in [3.63, 3.8) is 0 Å². The third-order valence-electron chi connectivity index (χ3n) is 3.25. The van der Waals surface area contributed by atoms with Gasteiger partial charge in [0, 0.05) is 32.3 Å². The fraction of sp³-hybridized carbons (Fsp3) is 0.929. The van der Waals surface area contributed by atoms with E-state index < -0.39 is 0 Å². The van der Waals surface area contributed by atoms with Crippen LogP contribution in [0, 0.1) is 5.92 Å². The highest BCUT2D eigenvalue weighted by Crippen LogP contribution is 2.27. The summed E-state index contributed by atoms with van der Waals surface area (Å²) in [5.41, 5.74) is 2.77. The summed E-state index contributed by atoms with van der Waals surface area (Å²) in [7, 11) is 0. The molecule has 0 radical (unpaired) electrons. The van der Waals surface area contributed by atoms with E-state index in [4.69, 9.17) is 10.6 Å². The van der Waals surface area contributed by atoms with Crippen LogP contribution in [-0.4, -0.2) is 43.2 Å². The van der Waals surface area contributed by atoms with E-state index in [9.17, 15) is 0 Å². The molecule has 0 saturated heterocycles. The predicted octanol–water partition coefficient (Wildman–Crippen LogP) is 1.74. The van der Waals surface area contributed by atoms with Gasteiger partial charge in [-0.25, -0.2) is 5.84 Å². The van der Waals surface area contributed by atoms with Gasteiger partial charge in [0.25, 0.3) is 0 Å². The van der Waals surface area contributed by atoms with Crippen LogP contribution in [0.3, 0.4) is 0 Å². The molecule has 0 amide bonds. The third-order valence-corrected chi connectivity index (χ3v) is 3.25. The van der Waals surface area contributed by atoms with E-state index in [-0.39, 0.29) is 0 Å². The first-order chi connectivity index (χ1) is 9.19. The molecule has 19 heavy (non-hydrogen) atoms. The van der Waals surface area contributed by atoms with Crippen molar-refractivity contribution in [2.24, 2.45) is 16.8 Å². The van der Waals surface area contributed by atoms with Crippen LogP contribution in [0.15, 0.2) is 4.99 Å². The Morgan fingerprint density at radius 2 is 2.21 bits per heavy atom. The minimum atomic E-state index is 0.639. The van der Waals surface area contributed by atoms with Crippen molar-refractivity contribution in [1.82, 2.24) is 10.3 Å². The Bertz CT molecular complexity index is 264. The third kappa shape index (κ3) is 6.78. The molecular formula is C14H30N4O. The Morgan fingerprint density at radius 3 is 2.74 bits per heavy atom. The summed E-state index contributed by atoms with van der Waals surface area (Å²) in [5, 5.41) is 0. The van der Waals surface area contributed by atoms with Crippen LogP contribution in [-0.2, 0) is 4.74 Å². The van der Waals surface area contributed by atoms with Crippen LogP contribution in [0.1, 0.15) is 46.5 Å². The van der Waals surface area contributed by atoms with Gasteiger partial charge in [-0.1, -0.05) is 13.8 Å². The standard InChI is InChI=1S/C14H30N4O/c1-4-19-11-5-9-16-14(17-15)18(13-6-7-13)10-8-12(2)3/h12-13H,4-11,15H2,1-3H3,(H,16,17). The van der Waals surface area contributed by atoms with Crippen LogP contribution in [0.25, 0.3) is 0 Å². The number of aliphatic imine (C=N–C) groups is 1. The molecular weight excluding hydrogens is 240 g/mol. The van der Waals surface area contributed by atoms with Crippen molar-refractivity contribution in [2.75, 3.05) is 26.3 Å². The average molecular weight is 270 g/mol. The molecule has 112 valence electrons. The Morgan fingerprint density at radius 1 is 1.47 bits per heavy atom. The molecule has 1 aliphatic carbocycles. The van der Waals surface area contributed by atoms with Gasteiger partial charge in [-0.05, 0) is 38.5 Å². The number of hydrogen-bond acceptors (Lipinski definition) is 3. The molecule has 0 heterocycles. The number of ether oxygens (including phenoxy) is 1. The number of nitrogens with one attached hydrogen (secondary N) is 1. The first-order valence-electron chi connectivity index (χ1n) is 7.54. The summed E-state index contributed by atoms with van der Waals surface area (Å²) in [6.45, 7) is 9.86. The lowest BCUT2D eigenvalue weighted by Crippen LogP contribution is -2.46. The van der Waals surface area contributed by atoms with E-state index in [0.29, 0.717) is 12.0 Å². The summed E-state index contributed by atoms with van der Waals surface area (Å²) in [5.74, 6) is 7.19. The second-order valence-corrected chi connectivity index (χ2v) is 5.51. The highest BCUT2D eigenvalue weighted by atomic mass is 16.5. The zero-order chi connectivity index (χ0) is 14.1. The summed E-state index contributed by atoms with van der Waals surface area (Å²) < 4.78 is 5.31. The van der Waals surface area contributed by atoms with Gasteiger partial charge in [-0.3, -0.25) is 10.4 Å². The molecule has 1 aliphatic rings. The van der Waals surface area contributed by atoms with Crippen molar-refractivity contribution in [1.29, 1.82) is 0 Å². The molecule has 0 bridgehead atoms. The van der Waals surface area contributed by atoms with Crippen LogP contribution >= 0.6 is 0 Å². The van der Waals surface area contributed by atoms with Gasteiger partial charge in [0.1, 0.15) is 0 Å². The summed E-state index contributed by atoms with van der Waals surface area (Å²) >= 11 is 0. The van der Waals surface area contributed by atoms with Gasteiger partial charge in [-0.2, -0.15) is 0 Å². The molecule has 0 aromatic carbocycles. The second-order valence-electron chi connectivity index (χ2n) is 5.51. The molecule has 1 fully saturated rings. The second kappa shape index (κ2) is 9.15. The van der Waals surface area contributed by atoms with Crippen molar-refractivity contribution in [3.05, 3.63) is 0 Å². The molecule has 5 nitrogen and oxygen atoms in total. The summed E-state index contributed by atoms with van der Waals surface area (Å²) in [6.07, 6.45) is 4.65. The maximum Gasteiger partial charge on any atom is 0.208 e. The number of nitrogens with two attached hydrogens (primary N) is 1. The number of rotatable bonds is 9. The molecule has 0 spiro atoms. The normalized spacial score (nSPS) is 15.9. The topological polar surface area (TPSA) is 62.9 Å². The van der Waals surface area contributed by atoms with E-state index in [1.165, 1.54) is 19.3 Å². The lowest BCUT2D eigenvalue weighted by molar-refractivity contribution is 0.146. The quantitative estimate of drug-likeness (QED) is 0.220. The molecule has 0 aliphatic heterocycles. The highest BCUT2D eigenvalue weighted by Gasteiger charge is 2.30. The van der Waals surface area contributed by atoms with E-state index >= 15 is 0 Å². The smallest absolute Gasteiger partial charge is 0.208 e. The minimum absolute atomic E-state index is 0.639. The maximum atomic E-state index is 5.63. The van der Waals surface area contributed by atoms with Gasteiger partial charge in [0.2, 0.25) is 5.96 Å². The van der Waals surface area contributed by atoms with Crippen LogP contribution in [0.5, 0.6) is 0 Å². The van der Waals surface area contributed by atoms with Crippen LogP contribution < -0.4 is 11.3 Å². The molecule has 1 rings (SSSR count). The highest BCUT2D eigenvalue weighted by molar-refractivity contribution is 5.80. The Hall–Kier alpha value is -0.810. The van der Waals surface area contributed by atoms with Crippen molar-refractivity contribution < 1.29 is 4.74 Å². The van der Waals surface area contributed by atoms with Crippen LogP contribution in [0.2, 0.25) is 0 Å². The zero-order valence-corrected chi connectivity index (χ0v) is 12.7. The van der Waals surface area contributed by atoms with Crippen LogP contribution in [0.4, 0.5) is 0 Å². The van der Waals surface area contributed by atoms with E-state index in [1.54, 1.807) is 0 Å². The molecule has 0 aromatic rings. The summed E-state index contributed by atoms with van der Waals surface area (Å²) in [6, 6.07) is 0.639. The lowest BCUT2D eigenvalue weighted by Gasteiger charge is -2.26. The molecule has 0 atom stereocenters. The van der Waals surface area contributed by atoms with Gasteiger partial charge < -0.3 is 9.64 Å². The van der Waals surface area contributed by atoms with Gasteiger partial charge in [0.05, 0.1) is 0 Å². The summed E-state index contributed by atoms with van der Waals surface area (Å²) in [4.78, 5) is 6.91. The van der Waals surface area contributed by atoms with Gasteiger partial charge >= 0.3 is 0 Å². The van der Waals surface area contributed by atoms with Gasteiger partial charge in [0.15, 0.2) is 0 Å². The van der Waals surface area contributed by atoms with E-state index in [1.807, 2.05) is 6.92 Å². The number of nitrogens with zero attached hydrogens (tertiary/aromatic N) is 2. The zero-order valence-electron chi connectivity index (χ0n) is 12.7. The molecule has 0 unspecified atom stereocenters. The SMILES string of the molecule is CCOCCCN=C(NN)N(CCC(C)C)C1CC1. The van der Waals surface area contributed by atoms with E-state index in [2.05, 4.69) is 29.2 Å². The fourth-order valence-corrected chi connectivity index (χ4v) is 1.96. The van der Waals surface area contributed by atoms with Crippen molar-refractivity contribution in [2.45, 2.75) is 52.5 Å². The van der Waals surface area contributed by atoms with Gasteiger partial charge in [-0.15, -0.1) is 0 Å². The first-order valence-corrected chi connectivity index (χ1v) is 7.54. The first kappa shape index (κ1) is 16.2. The fourth-order valence-electron chi connectivity index (χ4n) is 1.96. The Balaban J connectivity index is 2.40. The molecule has 5 heteroatoms. The number of hydrazine groups is 1. The monoisotopic (exact) mass is 270 g/mol. The predicted molar refractivity (Wildman–Crippen MR) is 79.9 cm³/mol. The average Bonchev–Trinajstić information content (AvgIpc) is 3.20.